The zero-order valence-electron chi connectivity index (χ0n) is 7.77. The summed E-state index contributed by atoms with van der Waals surface area (Å²) >= 11 is -2.00. The van der Waals surface area contributed by atoms with E-state index < -0.39 is 11.3 Å². The molecule has 14 heavy (non-hydrogen) atoms. The van der Waals surface area contributed by atoms with Gasteiger partial charge in [-0.25, -0.2) is 4.21 Å². The smallest absolute Gasteiger partial charge is 0.259 e. The zero-order chi connectivity index (χ0) is 10.4. The van der Waals surface area contributed by atoms with Crippen LogP contribution in [0.15, 0.2) is 24.3 Å². The summed E-state index contributed by atoms with van der Waals surface area (Å²) in [5.74, 6) is 0. The van der Waals surface area contributed by atoms with Crippen molar-refractivity contribution in [3.63, 3.8) is 0 Å². The van der Waals surface area contributed by atoms with E-state index in [-0.39, 0.29) is 0 Å². The van der Waals surface area contributed by atoms with Crippen molar-refractivity contribution in [1.29, 1.82) is 0 Å². The van der Waals surface area contributed by atoms with Crippen LogP contribution in [-0.4, -0.2) is 15.3 Å². The average Bonchev–Trinajstić information content (AvgIpc) is 2.16. The first-order valence-electron chi connectivity index (χ1n) is 4.39. The summed E-state index contributed by atoms with van der Waals surface area (Å²) in [6, 6.07) is 7.40. The van der Waals surface area contributed by atoms with Crippen LogP contribution in [0.1, 0.15) is 12.0 Å². The van der Waals surface area contributed by atoms with Crippen molar-refractivity contribution in [2.75, 3.05) is 11.3 Å². The monoisotopic (exact) mass is 214 g/mol. The maximum Gasteiger partial charge on any atom is 0.259 e. The number of nitrogens with two attached hydrogens (primary N) is 1. The van der Waals surface area contributed by atoms with E-state index in [1.807, 2.05) is 12.1 Å². The van der Waals surface area contributed by atoms with E-state index in [0.717, 1.165) is 12.8 Å². The molecule has 1 aromatic carbocycles. The Bertz CT molecular complexity index is 300. The third-order valence-corrected chi connectivity index (χ3v) is 2.24. The number of hydrogen-bond donors (Lipinski definition) is 3. The summed E-state index contributed by atoms with van der Waals surface area (Å²) in [6.45, 7) is 0.681. The number of hydrogen-bond acceptors (Lipinski definition) is 2. The van der Waals surface area contributed by atoms with Gasteiger partial charge in [-0.1, -0.05) is 12.1 Å². The fourth-order valence-electron chi connectivity index (χ4n) is 1.15. The van der Waals surface area contributed by atoms with E-state index in [2.05, 4.69) is 4.72 Å². The minimum Gasteiger partial charge on any atom is -0.330 e. The molecule has 0 aromatic heterocycles. The number of rotatable bonds is 5. The van der Waals surface area contributed by atoms with Crippen LogP contribution in [0, 0.1) is 0 Å². The van der Waals surface area contributed by atoms with Gasteiger partial charge in [-0.05, 0) is 37.1 Å². The lowest BCUT2D eigenvalue weighted by Crippen LogP contribution is -2.02. The first-order chi connectivity index (χ1) is 6.72. The summed E-state index contributed by atoms with van der Waals surface area (Å²) in [7, 11) is 0. The van der Waals surface area contributed by atoms with Crippen LogP contribution in [0.4, 0.5) is 5.69 Å². The fraction of sp³-hybridized carbons (Fsp3) is 0.333. The van der Waals surface area contributed by atoms with E-state index in [4.69, 9.17) is 10.3 Å². The molecule has 0 saturated heterocycles. The van der Waals surface area contributed by atoms with Crippen molar-refractivity contribution in [2.45, 2.75) is 12.8 Å². The summed E-state index contributed by atoms with van der Waals surface area (Å²) in [6.07, 6.45) is 1.90. The molecular formula is C9H14N2O2S. The van der Waals surface area contributed by atoms with E-state index >= 15 is 0 Å². The molecule has 0 spiro atoms. The number of anilines is 1. The molecule has 5 heteroatoms. The van der Waals surface area contributed by atoms with Gasteiger partial charge >= 0.3 is 0 Å². The summed E-state index contributed by atoms with van der Waals surface area (Å²) < 4.78 is 21.4. The lowest BCUT2D eigenvalue weighted by atomic mass is 10.1. The standard InChI is InChI=1S/C9H14N2O2S/c10-7-1-2-8-3-5-9(6-4-8)11-14(12)13/h3-6,11H,1-2,7,10H2,(H,12,13). The van der Waals surface area contributed by atoms with Crippen LogP contribution >= 0.6 is 0 Å². The molecule has 4 nitrogen and oxygen atoms in total. The highest BCUT2D eigenvalue weighted by atomic mass is 32.2. The molecule has 0 aliphatic rings. The molecular weight excluding hydrogens is 200 g/mol. The van der Waals surface area contributed by atoms with Crippen LogP contribution in [-0.2, 0) is 17.7 Å². The van der Waals surface area contributed by atoms with Gasteiger partial charge in [0.25, 0.3) is 11.3 Å². The van der Waals surface area contributed by atoms with E-state index in [0.29, 0.717) is 12.2 Å². The quantitative estimate of drug-likeness (QED) is 0.643. The Morgan fingerprint density at radius 1 is 1.36 bits per heavy atom. The third-order valence-electron chi connectivity index (χ3n) is 1.83. The van der Waals surface area contributed by atoms with Crippen molar-refractivity contribution in [2.24, 2.45) is 5.73 Å². The summed E-state index contributed by atoms with van der Waals surface area (Å²) in [5.41, 5.74) is 7.21. The SMILES string of the molecule is NCCCc1ccc(NS(=O)O)cc1. The largest absolute Gasteiger partial charge is 0.330 e. The predicted molar refractivity (Wildman–Crippen MR) is 58.2 cm³/mol. The Hall–Kier alpha value is -0.910. The van der Waals surface area contributed by atoms with Crippen LogP contribution in [0.2, 0.25) is 0 Å². The number of nitrogens with one attached hydrogen (secondary N) is 1. The second kappa shape index (κ2) is 5.74. The van der Waals surface area contributed by atoms with E-state index in [1.165, 1.54) is 5.56 Å². The lowest BCUT2D eigenvalue weighted by Gasteiger charge is -2.03. The molecule has 0 aliphatic carbocycles. The molecule has 1 aromatic rings. The van der Waals surface area contributed by atoms with Crippen molar-refractivity contribution in [3.05, 3.63) is 29.8 Å². The van der Waals surface area contributed by atoms with Crippen molar-refractivity contribution >= 4 is 17.0 Å². The van der Waals surface area contributed by atoms with Gasteiger partial charge in [-0.15, -0.1) is 0 Å². The molecule has 0 fully saturated rings. The summed E-state index contributed by atoms with van der Waals surface area (Å²) in [4.78, 5) is 0. The minimum absolute atomic E-state index is 0.641. The highest BCUT2D eigenvalue weighted by molar-refractivity contribution is 7.80. The van der Waals surface area contributed by atoms with Gasteiger partial charge in [-0.2, -0.15) is 0 Å². The molecule has 1 unspecified atom stereocenters. The van der Waals surface area contributed by atoms with Crippen LogP contribution in [0.25, 0.3) is 0 Å². The van der Waals surface area contributed by atoms with Gasteiger partial charge < -0.3 is 5.73 Å². The lowest BCUT2D eigenvalue weighted by molar-refractivity contribution is 0.570. The molecule has 0 heterocycles. The highest BCUT2D eigenvalue weighted by Gasteiger charge is 1.96. The van der Waals surface area contributed by atoms with E-state index in [1.54, 1.807) is 12.1 Å². The Balaban J connectivity index is 2.54. The maximum absolute atomic E-state index is 10.4. The number of benzene rings is 1. The molecule has 1 rings (SSSR count). The van der Waals surface area contributed by atoms with Gasteiger partial charge in [0.15, 0.2) is 0 Å². The topological polar surface area (TPSA) is 75.3 Å². The van der Waals surface area contributed by atoms with Crippen LogP contribution in [0.3, 0.4) is 0 Å². The van der Waals surface area contributed by atoms with Gasteiger partial charge in [-0.3, -0.25) is 9.27 Å². The molecule has 78 valence electrons. The summed E-state index contributed by atoms with van der Waals surface area (Å²) in [5, 5.41) is 0. The Morgan fingerprint density at radius 3 is 2.50 bits per heavy atom. The van der Waals surface area contributed by atoms with Crippen molar-refractivity contribution < 1.29 is 8.76 Å². The van der Waals surface area contributed by atoms with Crippen molar-refractivity contribution in [1.82, 2.24) is 0 Å². The predicted octanol–water partition coefficient (Wildman–Crippen LogP) is 1.13. The average molecular weight is 214 g/mol. The minimum atomic E-state index is -2.00. The molecule has 0 amide bonds. The molecule has 0 aliphatic heterocycles. The fourth-order valence-corrected chi connectivity index (χ4v) is 1.48. The molecule has 4 N–H and O–H groups in total. The third kappa shape index (κ3) is 3.87. The second-order valence-electron chi connectivity index (χ2n) is 2.94. The maximum atomic E-state index is 10.4. The Labute approximate surface area is 85.9 Å². The molecule has 1 atom stereocenters. The first-order valence-corrected chi connectivity index (χ1v) is 5.49. The highest BCUT2D eigenvalue weighted by Crippen LogP contribution is 2.10. The zero-order valence-corrected chi connectivity index (χ0v) is 8.59. The second-order valence-corrected chi connectivity index (χ2v) is 3.64. The Kier molecular flexibility index (Phi) is 4.58. The van der Waals surface area contributed by atoms with E-state index in [9.17, 15) is 4.21 Å². The van der Waals surface area contributed by atoms with Crippen LogP contribution < -0.4 is 10.5 Å². The Morgan fingerprint density at radius 2 is 2.00 bits per heavy atom. The molecule has 0 saturated carbocycles. The van der Waals surface area contributed by atoms with Gasteiger partial charge in [0, 0.05) is 5.69 Å². The van der Waals surface area contributed by atoms with Crippen molar-refractivity contribution in [3.8, 4) is 0 Å². The number of aryl methyl sites for hydroxylation is 1. The molecule has 0 radical (unpaired) electrons. The first kappa shape index (κ1) is 11.2. The molecule has 0 bridgehead atoms. The van der Waals surface area contributed by atoms with Gasteiger partial charge in [0.05, 0.1) is 0 Å². The van der Waals surface area contributed by atoms with Crippen LogP contribution in [0.5, 0.6) is 0 Å². The normalized spacial score (nSPS) is 12.4. The van der Waals surface area contributed by atoms with Gasteiger partial charge in [0.1, 0.15) is 0 Å². The van der Waals surface area contributed by atoms with Gasteiger partial charge in [0.2, 0.25) is 0 Å².